The molecule has 8 heteroatoms. The van der Waals surface area contributed by atoms with E-state index in [4.69, 9.17) is 5.11 Å². The van der Waals surface area contributed by atoms with Gasteiger partial charge in [0.15, 0.2) is 5.43 Å². The second-order valence-corrected chi connectivity index (χ2v) is 3.65. The maximum Gasteiger partial charge on any atom is 0.449 e. The zero-order valence-corrected chi connectivity index (χ0v) is 8.99. The molecule has 5 nitrogen and oxygen atoms in total. The molecule has 2 aromatic rings. The molecule has 2 rings (SSSR count). The number of fused-ring (bicyclic) bond motifs is 1. The summed E-state index contributed by atoms with van der Waals surface area (Å²) in [5.74, 6) is -3.79. The molecule has 0 radical (unpaired) electrons. The van der Waals surface area contributed by atoms with E-state index in [2.05, 4.69) is 4.42 Å². The lowest BCUT2D eigenvalue weighted by atomic mass is 10.1. The Bertz CT molecular complexity index is 729. The minimum atomic E-state index is -4.89. The fourth-order valence-corrected chi connectivity index (χ4v) is 1.53. The van der Waals surface area contributed by atoms with Gasteiger partial charge < -0.3 is 14.6 Å². The molecule has 0 saturated carbocycles. The Morgan fingerprint density at radius 2 is 1.84 bits per heavy atom. The van der Waals surface area contributed by atoms with Crippen LogP contribution in [0.4, 0.5) is 13.2 Å². The van der Waals surface area contributed by atoms with Crippen molar-refractivity contribution in [2.24, 2.45) is 0 Å². The quantitative estimate of drug-likeness (QED) is 0.832. The van der Waals surface area contributed by atoms with Crippen molar-refractivity contribution in [3.63, 3.8) is 0 Å². The third kappa shape index (κ3) is 2.24. The lowest BCUT2D eigenvalue weighted by Gasteiger charge is -2.07. The van der Waals surface area contributed by atoms with E-state index in [1.165, 1.54) is 0 Å². The maximum atomic E-state index is 12.4. The van der Waals surface area contributed by atoms with Gasteiger partial charge in [-0.05, 0) is 12.1 Å². The van der Waals surface area contributed by atoms with Crippen molar-refractivity contribution in [3.8, 4) is 5.75 Å². The topological polar surface area (TPSA) is 87.7 Å². The van der Waals surface area contributed by atoms with Gasteiger partial charge in [0, 0.05) is 6.07 Å². The van der Waals surface area contributed by atoms with Crippen molar-refractivity contribution in [1.29, 1.82) is 0 Å². The van der Waals surface area contributed by atoms with E-state index in [1.54, 1.807) is 0 Å². The number of rotatable bonds is 1. The molecule has 0 unspecified atom stereocenters. The number of hydrogen-bond acceptors (Lipinski definition) is 4. The van der Waals surface area contributed by atoms with Crippen LogP contribution in [0.15, 0.2) is 27.4 Å². The average molecular weight is 274 g/mol. The van der Waals surface area contributed by atoms with Crippen molar-refractivity contribution in [2.45, 2.75) is 6.18 Å². The molecule has 0 aliphatic rings. The van der Waals surface area contributed by atoms with Crippen LogP contribution in [-0.2, 0) is 6.18 Å². The Balaban J connectivity index is 2.86. The molecule has 100 valence electrons. The Morgan fingerprint density at radius 1 is 1.21 bits per heavy atom. The Labute approximate surface area is 102 Å². The summed E-state index contributed by atoms with van der Waals surface area (Å²) in [4.78, 5) is 22.2. The minimum absolute atomic E-state index is 0.197. The number of carbonyl (C=O) groups is 1. The first-order valence-corrected chi connectivity index (χ1v) is 4.81. The number of aromatic carboxylic acids is 1. The first-order valence-electron chi connectivity index (χ1n) is 4.81. The molecule has 0 spiro atoms. The fourth-order valence-electron chi connectivity index (χ4n) is 1.53. The predicted molar refractivity (Wildman–Crippen MR) is 56.1 cm³/mol. The van der Waals surface area contributed by atoms with E-state index in [1.807, 2.05) is 0 Å². The van der Waals surface area contributed by atoms with Crippen LogP contribution in [0.1, 0.15) is 16.1 Å². The Kier molecular flexibility index (Phi) is 2.73. The van der Waals surface area contributed by atoms with Crippen LogP contribution >= 0.6 is 0 Å². The van der Waals surface area contributed by atoms with Crippen LogP contribution in [-0.4, -0.2) is 16.2 Å². The molecule has 1 aromatic carbocycles. The van der Waals surface area contributed by atoms with E-state index >= 15 is 0 Å². The highest BCUT2D eigenvalue weighted by Gasteiger charge is 2.35. The molecule has 2 N–H and O–H groups in total. The lowest BCUT2D eigenvalue weighted by molar-refractivity contribution is -0.152. The molecule has 0 amide bonds. The maximum absolute atomic E-state index is 12.4. The van der Waals surface area contributed by atoms with Gasteiger partial charge >= 0.3 is 12.1 Å². The second-order valence-electron chi connectivity index (χ2n) is 3.65. The number of alkyl halides is 3. The summed E-state index contributed by atoms with van der Waals surface area (Å²) in [6.45, 7) is 0. The number of carboxylic acid groups (broad SMARTS) is 1. The number of hydrogen-bond donors (Lipinski definition) is 2. The van der Waals surface area contributed by atoms with Crippen molar-refractivity contribution in [3.05, 3.63) is 39.7 Å². The first kappa shape index (κ1) is 12.9. The summed E-state index contributed by atoms with van der Waals surface area (Å²) < 4.78 is 41.8. The predicted octanol–water partition coefficient (Wildman–Crippen LogP) is 2.22. The molecular formula is C11H5F3O5. The molecule has 0 aliphatic carbocycles. The van der Waals surface area contributed by atoms with E-state index < -0.39 is 45.6 Å². The highest BCUT2D eigenvalue weighted by atomic mass is 19.4. The number of carboxylic acids is 1. The summed E-state index contributed by atoms with van der Waals surface area (Å²) in [6, 6.07) is 1.70. The lowest BCUT2D eigenvalue weighted by Crippen LogP contribution is -2.11. The number of phenols is 1. The zero-order valence-electron chi connectivity index (χ0n) is 8.99. The number of phenolic OH excluding ortho intramolecular Hbond substituents is 1. The first-order chi connectivity index (χ1) is 8.70. The van der Waals surface area contributed by atoms with E-state index in [-0.39, 0.29) is 6.07 Å². The highest BCUT2D eigenvalue weighted by molar-refractivity contribution is 5.95. The van der Waals surface area contributed by atoms with Crippen molar-refractivity contribution in [2.75, 3.05) is 0 Å². The van der Waals surface area contributed by atoms with Crippen molar-refractivity contribution >= 4 is 16.9 Å². The van der Waals surface area contributed by atoms with Crippen LogP contribution in [0.3, 0.4) is 0 Å². The van der Waals surface area contributed by atoms with E-state index in [9.17, 15) is 27.9 Å². The van der Waals surface area contributed by atoms with E-state index in [0.717, 1.165) is 12.1 Å². The summed E-state index contributed by atoms with van der Waals surface area (Å²) in [6.07, 6.45) is -4.89. The van der Waals surface area contributed by atoms with Gasteiger partial charge in [-0.3, -0.25) is 4.79 Å². The minimum Gasteiger partial charge on any atom is -0.507 e. The van der Waals surface area contributed by atoms with Crippen molar-refractivity contribution in [1.82, 2.24) is 0 Å². The second kappa shape index (κ2) is 4.01. The molecular weight excluding hydrogens is 269 g/mol. The van der Waals surface area contributed by atoms with Crippen LogP contribution < -0.4 is 5.43 Å². The molecule has 19 heavy (non-hydrogen) atoms. The van der Waals surface area contributed by atoms with Crippen LogP contribution in [0.5, 0.6) is 5.75 Å². The van der Waals surface area contributed by atoms with Gasteiger partial charge in [-0.15, -0.1) is 0 Å². The van der Waals surface area contributed by atoms with Gasteiger partial charge in [-0.1, -0.05) is 0 Å². The molecule has 0 aliphatic heterocycles. The van der Waals surface area contributed by atoms with Crippen LogP contribution in [0.2, 0.25) is 0 Å². The van der Waals surface area contributed by atoms with Gasteiger partial charge in [-0.2, -0.15) is 13.2 Å². The number of benzene rings is 1. The molecule has 0 fully saturated rings. The smallest absolute Gasteiger partial charge is 0.449 e. The SMILES string of the molecule is O=C(O)c1cc(O)c2c(=O)cc(C(F)(F)F)oc2c1. The molecule has 1 aromatic heterocycles. The normalized spacial score (nSPS) is 11.7. The largest absolute Gasteiger partial charge is 0.507 e. The average Bonchev–Trinajstić information content (AvgIpc) is 2.26. The molecule has 1 heterocycles. The summed E-state index contributed by atoms with van der Waals surface area (Å²) in [5.41, 5.74) is -2.24. The standard InChI is InChI=1S/C11H5F3O5/c12-11(13,14)8-3-6(16)9-5(15)1-4(10(17)18)2-7(9)19-8/h1-3,15H,(H,17,18). The Hall–Kier alpha value is -2.51. The molecule has 0 saturated heterocycles. The monoisotopic (exact) mass is 274 g/mol. The van der Waals surface area contributed by atoms with Gasteiger partial charge in [0.25, 0.3) is 0 Å². The van der Waals surface area contributed by atoms with Gasteiger partial charge in [0.2, 0.25) is 5.76 Å². The third-order valence-electron chi connectivity index (χ3n) is 2.34. The van der Waals surface area contributed by atoms with Gasteiger partial charge in [-0.25, -0.2) is 4.79 Å². The van der Waals surface area contributed by atoms with Gasteiger partial charge in [0.1, 0.15) is 16.7 Å². The van der Waals surface area contributed by atoms with Crippen LogP contribution in [0.25, 0.3) is 11.0 Å². The summed E-state index contributed by atoms with van der Waals surface area (Å²) in [5, 5.41) is 17.7. The van der Waals surface area contributed by atoms with Crippen molar-refractivity contribution < 1.29 is 32.6 Å². The fraction of sp³-hybridized carbons (Fsp3) is 0.0909. The van der Waals surface area contributed by atoms with Gasteiger partial charge in [0.05, 0.1) is 5.56 Å². The summed E-state index contributed by atoms with van der Waals surface area (Å²) in [7, 11) is 0. The van der Waals surface area contributed by atoms with E-state index in [0.29, 0.717) is 0 Å². The molecule has 0 atom stereocenters. The number of halogens is 3. The third-order valence-corrected chi connectivity index (χ3v) is 2.34. The zero-order chi connectivity index (χ0) is 14.4. The highest BCUT2D eigenvalue weighted by Crippen LogP contribution is 2.32. The Morgan fingerprint density at radius 3 is 2.37 bits per heavy atom. The number of aromatic hydroxyl groups is 1. The summed E-state index contributed by atoms with van der Waals surface area (Å²) >= 11 is 0. The van der Waals surface area contributed by atoms with Crippen LogP contribution in [0, 0.1) is 0 Å². The molecule has 0 bridgehead atoms.